The van der Waals surface area contributed by atoms with Gasteiger partial charge in [-0.1, -0.05) is 0 Å². The minimum Gasteiger partial charge on any atom is -0.292 e. The third-order valence-electron chi connectivity index (χ3n) is 2.95. The Morgan fingerprint density at radius 2 is 1.32 bits per heavy atom. The second kappa shape index (κ2) is 6.84. The lowest BCUT2D eigenvalue weighted by Crippen LogP contribution is -2.57. The van der Waals surface area contributed by atoms with Gasteiger partial charge in [-0.3, -0.25) is 4.90 Å². The highest BCUT2D eigenvalue weighted by atomic mass is 32.3. The summed E-state index contributed by atoms with van der Waals surface area (Å²) in [5.74, 6) is 0. The molecule has 0 unspecified atom stereocenters. The van der Waals surface area contributed by atoms with E-state index < -0.39 is 73.6 Å². The monoisotopic (exact) mass is 439 g/mol. The SMILES string of the molecule is CS(=O)(=O)NS(=O)(=O)C(F)(F)S(=O)(=O)N1CCN(CC(F)(F)F)CC1. The Labute approximate surface area is 140 Å². The summed E-state index contributed by atoms with van der Waals surface area (Å²) < 4.78 is 128. The number of piperazine rings is 1. The van der Waals surface area contributed by atoms with Crippen LogP contribution in [-0.4, -0.2) is 84.2 Å². The Balaban J connectivity index is 2.98. The van der Waals surface area contributed by atoms with E-state index in [1.165, 1.54) is 0 Å². The van der Waals surface area contributed by atoms with Gasteiger partial charge in [0, 0.05) is 26.2 Å². The molecule has 0 bridgehead atoms. The smallest absolute Gasteiger partial charge is 0.292 e. The minimum atomic E-state index is -6.16. The fourth-order valence-electron chi connectivity index (χ4n) is 1.92. The first-order chi connectivity index (χ1) is 10.9. The molecule has 1 N–H and O–H groups in total. The zero-order valence-corrected chi connectivity index (χ0v) is 14.9. The standard InChI is InChI=1S/C8H14F5N3O6S3/c1-23(17,18)14-24(19,20)8(12,13)25(21,22)16-4-2-15(3-5-16)6-7(9,10)11/h14H,2-6H2,1H3. The molecule has 0 aliphatic carbocycles. The predicted octanol–water partition coefficient (Wildman–Crippen LogP) is -1.07. The third-order valence-corrected chi connectivity index (χ3v) is 8.60. The number of rotatable bonds is 6. The van der Waals surface area contributed by atoms with E-state index in [0.29, 0.717) is 4.13 Å². The molecular formula is C8H14F5N3O6S3. The lowest BCUT2D eigenvalue weighted by atomic mass is 10.3. The molecule has 17 heteroatoms. The average molecular weight is 439 g/mol. The van der Waals surface area contributed by atoms with Crippen LogP contribution in [0.2, 0.25) is 0 Å². The van der Waals surface area contributed by atoms with Crippen LogP contribution in [0, 0.1) is 0 Å². The van der Waals surface area contributed by atoms with Gasteiger partial charge in [0.2, 0.25) is 10.0 Å². The highest BCUT2D eigenvalue weighted by molar-refractivity contribution is 8.13. The Hall–Kier alpha value is -0.620. The van der Waals surface area contributed by atoms with E-state index in [2.05, 4.69) is 0 Å². The Bertz CT molecular complexity index is 799. The van der Waals surface area contributed by atoms with Gasteiger partial charge in [0.25, 0.3) is 10.0 Å². The lowest BCUT2D eigenvalue weighted by molar-refractivity contribution is -0.148. The largest absolute Gasteiger partial charge is 0.474 e. The summed E-state index contributed by atoms with van der Waals surface area (Å²) in [6.07, 6.45) is -4.35. The minimum absolute atomic E-state index is 0.00137. The number of halogens is 5. The predicted molar refractivity (Wildman–Crippen MR) is 74.8 cm³/mol. The molecule has 1 saturated heterocycles. The number of hydrogen-bond acceptors (Lipinski definition) is 7. The fourth-order valence-corrected chi connectivity index (χ4v) is 6.58. The normalized spacial score (nSPS) is 19.9. The van der Waals surface area contributed by atoms with Crippen LogP contribution >= 0.6 is 0 Å². The second-order valence-electron chi connectivity index (χ2n) is 5.12. The van der Waals surface area contributed by atoms with Crippen LogP contribution in [0.25, 0.3) is 0 Å². The van der Waals surface area contributed by atoms with Crippen LogP contribution in [0.15, 0.2) is 0 Å². The van der Waals surface area contributed by atoms with E-state index in [1.807, 2.05) is 0 Å². The van der Waals surface area contributed by atoms with Crippen LogP contribution in [0.1, 0.15) is 0 Å². The van der Waals surface area contributed by atoms with Gasteiger partial charge in [0.1, 0.15) is 0 Å². The summed E-state index contributed by atoms with van der Waals surface area (Å²) in [6, 6.07) is 0. The van der Waals surface area contributed by atoms with E-state index in [4.69, 9.17) is 0 Å². The molecule has 25 heavy (non-hydrogen) atoms. The first kappa shape index (κ1) is 22.4. The maximum absolute atomic E-state index is 13.9. The third kappa shape index (κ3) is 5.43. The number of nitrogens with zero attached hydrogens (tertiary/aromatic N) is 2. The molecule has 0 aromatic rings. The fraction of sp³-hybridized carbons (Fsp3) is 1.00. The number of sulfonamides is 3. The molecule has 0 aromatic carbocycles. The maximum Gasteiger partial charge on any atom is 0.474 e. The molecule has 1 aliphatic rings. The molecule has 0 atom stereocenters. The summed E-state index contributed by atoms with van der Waals surface area (Å²) in [7, 11) is -16.8. The zero-order valence-electron chi connectivity index (χ0n) is 12.5. The molecular weight excluding hydrogens is 425 g/mol. The second-order valence-corrected chi connectivity index (χ2v) is 11.1. The molecule has 0 aromatic heterocycles. The summed E-state index contributed by atoms with van der Waals surface area (Å²) in [5, 5.41) is 0. The van der Waals surface area contributed by atoms with Gasteiger partial charge < -0.3 is 0 Å². The van der Waals surface area contributed by atoms with Crippen molar-refractivity contribution in [2.24, 2.45) is 0 Å². The average Bonchev–Trinajstić information content (AvgIpc) is 2.34. The van der Waals surface area contributed by atoms with Gasteiger partial charge in [-0.2, -0.15) is 26.3 Å². The quantitative estimate of drug-likeness (QED) is 0.523. The molecule has 1 fully saturated rings. The molecule has 1 rings (SSSR count). The molecule has 0 spiro atoms. The van der Waals surface area contributed by atoms with Crippen molar-refractivity contribution < 1.29 is 47.2 Å². The topological polar surface area (TPSA) is 121 Å². The lowest BCUT2D eigenvalue weighted by Gasteiger charge is -2.35. The molecule has 0 radical (unpaired) electrons. The Morgan fingerprint density at radius 1 is 0.880 bits per heavy atom. The van der Waals surface area contributed by atoms with Crippen LogP contribution in [0.5, 0.6) is 0 Å². The number of nitrogens with one attached hydrogen (secondary N) is 1. The van der Waals surface area contributed by atoms with Gasteiger partial charge in [0.05, 0.1) is 12.8 Å². The summed E-state index contributed by atoms with van der Waals surface area (Å²) in [6.45, 7) is -4.14. The van der Waals surface area contributed by atoms with Crippen molar-refractivity contribution in [2.45, 2.75) is 10.8 Å². The Morgan fingerprint density at radius 3 is 1.68 bits per heavy atom. The summed E-state index contributed by atoms with van der Waals surface area (Å²) in [5.41, 5.74) is 0. The van der Waals surface area contributed by atoms with Gasteiger partial charge in [-0.25, -0.2) is 25.3 Å². The van der Waals surface area contributed by atoms with E-state index in [1.54, 1.807) is 0 Å². The van der Waals surface area contributed by atoms with E-state index >= 15 is 0 Å². The van der Waals surface area contributed by atoms with Crippen molar-refractivity contribution in [2.75, 3.05) is 39.0 Å². The van der Waals surface area contributed by atoms with Crippen molar-refractivity contribution in [3.63, 3.8) is 0 Å². The molecule has 1 heterocycles. The van der Waals surface area contributed by atoms with Gasteiger partial charge in [0.15, 0.2) is 0 Å². The molecule has 150 valence electrons. The highest BCUT2D eigenvalue weighted by Gasteiger charge is 2.61. The number of alkyl halides is 5. The van der Waals surface area contributed by atoms with Gasteiger partial charge in [-0.05, 0) is 0 Å². The van der Waals surface area contributed by atoms with E-state index in [-0.39, 0.29) is 10.6 Å². The highest BCUT2D eigenvalue weighted by Crippen LogP contribution is 2.32. The molecule has 0 amide bonds. The maximum atomic E-state index is 13.9. The molecule has 0 saturated carbocycles. The van der Waals surface area contributed by atoms with Crippen molar-refractivity contribution in [1.29, 1.82) is 0 Å². The van der Waals surface area contributed by atoms with Crippen molar-refractivity contribution in [3.05, 3.63) is 0 Å². The first-order valence-electron chi connectivity index (χ1n) is 6.29. The first-order valence-corrected chi connectivity index (χ1v) is 11.1. The van der Waals surface area contributed by atoms with Crippen molar-refractivity contribution >= 4 is 30.1 Å². The van der Waals surface area contributed by atoms with Crippen molar-refractivity contribution in [3.8, 4) is 0 Å². The van der Waals surface area contributed by atoms with Crippen LogP contribution in [-0.2, 0) is 30.1 Å². The van der Waals surface area contributed by atoms with Crippen LogP contribution in [0.4, 0.5) is 22.0 Å². The van der Waals surface area contributed by atoms with Crippen LogP contribution < -0.4 is 4.13 Å². The summed E-state index contributed by atoms with van der Waals surface area (Å²) in [4.78, 5) is 0.757. The van der Waals surface area contributed by atoms with E-state index in [9.17, 15) is 47.2 Å². The number of hydrogen-bond donors (Lipinski definition) is 1. The van der Waals surface area contributed by atoms with Crippen molar-refractivity contribution in [1.82, 2.24) is 13.3 Å². The van der Waals surface area contributed by atoms with Crippen LogP contribution in [0.3, 0.4) is 0 Å². The van der Waals surface area contributed by atoms with E-state index in [0.717, 1.165) is 4.90 Å². The van der Waals surface area contributed by atoms with Gasteiger partial charge >= 0.3 is 20.8 Å². The molecule has 9 nitrogen and oxygen atoms in total. The molecule has 1 aliphatic heterocycles. The zero-order chi connectivity index (χ0) is 19.9. The van der Waals surface area contributed by atoms with Gasteiger partial charge in [-0.15, -0.1) is 4.13 Å². The summed E-state index contributed by atoms with van der Waals surface area (Å²) >= 11 is 0. The Kier molecular flexibility index (Phi) is 6.13.